The number of anilines is 2. The third-order valence-electron chi connectivity index (χ3n) is 5.12. The molecule has 0 atom stereocenters. The normalized spacial score (nSPS) is 10.4. The van der Waals surface area contributed by atoms with E-state index in [1.165, 1.54) is 0 Å². The van der Waals surface area contributed by atoms with Crippen molar-refractivity contribution in [2.45, 2.75) is 6.42 Å². The second kappa shape index (κ2) is 11.7. The maximum Gasteiger partial charge on any atom is 0.307 e. The summed E-state index contributed by atoms with van der Waals surface area (Å²) < 4.78 is 5.72. The molecule has 0 bridgehead atoms. The average molecular weight is 462 g/mol. The lowest BCUT2D eigenvalue weighted by molar-refractivity contribution is -0.136. The minimum absolute atomic E-state index is 0.0423. The van der Waals surface area contributed by atoms with Gasteiger partial charge in [-0.3, -0.25) is 4.79 Å². The smallest absolute Gasteiger partial charge is 0.307 e. The zero-order valence-electron chi connectivity index (χ0n) is 20.1. The van der Waals surface area contributed by atoms with Crippen LogP contribution in [0.5, 0.6) is 5.75 Å². The van der Waals surface area contributed by atoms with Gasteiger partial charge in [0.15, 0.2) is 6.61 Å². The standard InChI is InChI=1S/C27H31N3O4/c1-29(2)23-11-6-9-21(18-23)27(22-10-7-12-24(19-22)30(3)4)28-34-15-14-33-25-13-5-8-20(16-25)17-26(31)32/h5-13,16,18-19H,14-15,17H2,1-4H3,(H,31,32). The molecule has 3 aromatic carbocycles. The molecule has 0 aliphatic rings. The maximum absolute atomic E-state index is 10.9. The summed E-state index contributed by atoms with van der Waals surface area (Å²) in [5.74, 6) is -0.275. The number of ether oxygens (including phenoxy) is 1. The Bertz CT molecular complexity index is 1090. The van der Waals surface area contributed by atoms with Crippen molar-refractivity contribution in [3.63, 3.8) is 0 Å². The Hall–Kier alpha value is -4.00. The Labute approximate surface area is 200 Å². The summed E-state index contributed by atoms with van der Waals surface area (Å²) >= 11 is 0. The first-order valence-electron chi connectivity index (χ1n) is 11.0. The highest BCUT2D eigenvalue weighted by molar-refractivity contribution is 6.13. The predicted octanol–water partition coefficient (Wildman–Crippen LogP) is 4.29. The summed E-state index contributed by atoms with van der Waals surface area (Å²) in [6.07, 6.45) is -0.0423. The molecule has 7 heteroatoms. The van der Waals surface area contributed by atoms with Crippen LogP contribution in [0.1, 0.15) is 16.7 Å². The number of carboxylic acids is 1. The van der Waals surface area contributed by atoms with E-state index in [2.05, 4.69) is 17.3 Å². The van der Waals surface area contributed by atoms with Gasteiger partial charge in [0.2, 0.25) is 0 Å². The highest BCUT2D eigenvalue weighted by atomic mass is 16.6. The van der Waals surface area contributed by atoms with E-state index in [-0.39, 0.29) is 19.6 Å². The van der Waals surface area contributed by atoms with Crippen molar-refractivity contribution < 1.29 is 19.5 Å². The van der Waals surface area contributed by atoms with E-state index < -0.39 is 5.97 Å². The largest absolute Gasteiger partial charge is 0.490 e. The van der Waals surface area contributed by atoms with E-state index in [1.54, 1.807) is 24.3 Å². The van der Waals surface area contributed by atoms with Crippen LogP contribution >= 0.6 is 0 Å². The zero-order chi connectivity index (χ0) is 24.5. The molecule has 178 valence electrons. The van der Waals surface area contributed by atoms with Crippen LogP contribution in [0.4, 0.5) is 11.4 Å². The zero-order valence-corrected chi connectivity index (χ0v) is 20.1. The van der Waals surface area contributed by atoms with Crippen LogP contribution in [0.3, 0.4) is 0 Å². The number of nitrogens with zero attached hydrogens (tertiary/aromatic N) is 3. The maximum atomic E-state index is 10.9. The fraction of sp³-hybridized carbons (Fsp3) is 0.259. The Morgan fingerprint density at radius 2 is 1.41 bits per heavy atom. The molecule has 0 amide bonds. The van der Waals surface area contributed by atoms with E-state index in [0.717, 1.165) is 28.2 Å². The Morgan fingerprint density at radius 3 is 1.97 bits per heavy atom. The van der Waals surface area contributed by atoms with Crippen molar-refractivity contribution in [1.29, 1.82) is 0 Å². The summed E-state index contributed by atoms with van der Waals surface area (Å²) in [6.45, 7) is 0.524. The van der Waals surface area contributed by atoms with Gasteiger partial charge in [-0.05, 0) is 42.0 Å². The number of aliphatic carboxylic acids is 1. The molecule has 3 rings (SSSR count). The molecular weight excluding hydrogens is 430 g/mol. The van der Waals surface area contributed by atoms with Crippen molar-refractivity contribution in [3.05, 3.63) is 89.5 Å². The third kappa shape index (κ3) is 7.00. The fourth-order valence-electron chi connectivity index (χ4n) is 3.36. The van der Waals surface area contributed by atoms with Crippen molar-refractivity contribution in [2.75, 3.05) is 51.2 Å². The van der Waals surface area contributed by atoms with Gasteiger partial charge < -0.3 is 24.5 Å². The first-order chi connectivity index (χ1) is 16.3. The van der Waals surface area contributed by atoms with E-state index in [0.29, 0.717) is 11.3 Å². The third-order valence-corrected chi connectivity index (χ3v) is 5.12. The Balaban J connectivity index is 1.75. The number of hydrogen-bond donors (Lipinski definition) is 1. The lowest BCUT2D eigenvalue weighted by atomic mass is 10.0. The van der Waals surface area contributed by atoms with E-state index in [4.69, 9.17) is 14.7 Å². The summed E-state index contributed by atoms with van der Waals surface area (Å²) in [4.78, 5) is 20.7. The lowest BCUT2D eigenvalue weighted by Crippen LogP contribution is -2.13. The summed E-state index contributed by atoms with van der Waals surface area (Å²) in [5.41, 5.74) is 5.45. The van der Waals surface area contributed by atoms with Gasteiger partial charge in [0.25, 0.3) is 0 Å². The second-order valence-electron chi connectivity index (χ2n) is 8.23. The molecule has 0 aromatic heterocycles. The summed E-state index contributed by atoms with van der Waals surface area (Å²) in [6, 6.07) is 23.3. The molecule has 0 unspecified atom stereocenters. The molecule has 0 spiro atoms. The van der Waals surface area contributed by atoms with Gasteiger partial charge in [-0.1, -0.05) is 41.6 Å². The summed E-state index contributed by atoms with van der Waals surface area (Å²) in [5, 5.41) is 13.4. The fourth-order valence-corrected chi connectivity index (χ4v) is 3.36. The lowest BCUT2D eigenvalue weighted by Gasteiger charge is -2.16. The Kier molecular flexibility index (Phi) is 8.51. The number of carbonyl (C=O) groups is 1. The van der Waals surface area contributed by atoms with Crippen LogP contribution in [-0.2, 0) is 16.1 Å². The molecular formula is C27H31N3O4. The number of carboxylic acid groups (broad SMARTS) is 1. The molecule has 0 aliphatic carbocycles. The van der Waals surface area contributed by atoms with Crippen LogP contribution in [0, 0.1) is 0 Å². The van der Waals surface area contributed by atoms with E-state index in [1.807, 2.05) is 74.4 Å². The first kappa shape index (κ1) is 24.6. The van der Waals surface area contributed by atoms with Gasteiger partial charge in [-0.2, -0.15) is 0 Å². The molecule has 34 heavy (non-hydrogen) atoms. The minimum atomic E-state index is -0.876. The number of rotatable bonds is 11. The van der Waals surface area contributed by atoms with Crippen LogP contribution < -0.4 is 14.5 Å². The van der Waals surface area contributed by atoms with Gasteiger partial charge in [-0.15, -0.1) is 0 Å². The molecule has 0 aliphatic heterocycles. The van der Waals surface area contributed by atoms with Gasteiger partial charge in [0.1, 0.15) is 18.1 Å². The quantitative estimate of drug-likeness (QED) is 0.261. The first-order valence-corrected chi connectivity index (χ1v) is 11.0. The summed E-state index contributed by atoms with van der Waals surface area (Å²) in [7, 11) is 8.01. The number of oxime groups is 1. The molecule has 0 radical (unpaired) electrons. The molecule has 1 N–H and O–H groups in total. The number of benzene rings is 3. The highest BCUT2D eigenvalue weighted by Gasteiger charge is 2.11. The second-order valence-corrected chi connectivity index (χ2v) is 8.23. The van der Waals surface area contributed by atoms with Crippen LogP contribution in [0.25, 0.3) is 0 Å². The molecule has 0 saturated heterocycles. The molecule has 3 aromatic rings. The molecule has 0 fully saturated rings. The van der Waals surface area contributed by atoms with Crippen molar-refractivity contribution in [1.82, 2.24) is 0 Å². The highest BCUT2D eigenvalue weighted by Crippen LogP contribution is 2.21. The van der Waals surface area contributed by atoms with Gasteiger partial charge in [0, 0.05) is 50.7 Å². The minimum Gasteiger partial charge on any atom is -0.490 e. The Morgan fingerprint density at radius 1 is 0.824 bits per heavy atom. The molecule has 0 heterocycles. The van der Waals surface area contributed by atoms with Crippen molar-refractivity contribution in [3.8, 4) is 5.75 Å². The average Bonchev–Trinajstić information content (AvgIpc) is 2.81. The van der Waals surface area contributed by atoms with Crippen LogP contribution in [0.15, 0.2) is 78.0 Å². The SMILES string of the molecule is CN(C)c1cccc(C(=NOCCOc2cccc(CC(=O)O)c2)c2cccc(N(C)C)c2)c1. The van der Waals surface area contributed by atoms with Gasteiger partial charge in [0.05, 0.1) is 6.42 Å². The van der Waals surface area contributed by atoms with Gasteiger partial charge >= 0.3 is 5.97 Å². The van der Waals surface area contributed by atoms with E-state index >= 15 is 0 Å². The molecule has 7 nitrogen and oxygen atoms in total. The monoisotopic (exact) mass is 461 g/mol. The van der Waals surface area contributed by atoms with Crippen LogP contribution in [0.2, 0.25) is 0 Å². The molecule has 0 saturated carbocycles. The predicted molar refractivity (Wildman–Crippen MR) is 136 cm³/mol. The number of hydrogen-bond acceptors (Lipinski definition) is 6. The van der Waals surface area contributed by atoms with E-state index in [9.17, 15) is 4.79 Å². The van der Waals surface area contributed by atoms with Crippen molar-refractivity contribution in [2.24, 2.45) is 5.16 Å². The van der Waals surface area contributed by atoms with Gasteiger partial charge in [-0.25, -0.2) is 0 Å². The van der Waals surface area contributed by atoms with Crippen molar-refractivity contribution >= 4 is 23.1 Å². The topological polar surface area (TPSA) is 74.6 Å². The van der Waals surface area contributed by atoms with Crippen LogP contribution in [-0.4, -0.2) is 58.2 Å².